The summed E-state index contributed by atoms with van der Waals surface area (Å²) in [5.74, 6) is 0.713. The van der Waals surface area contributed by atoms with Crippen LogP contribution in [0.15, 0.2) is 36.7 Å². The van der Waals surface area contributed by atoms with Gasteiger partial charge < -0.3 is 5.32 Å². The summed E-state index contributed by atoms with van der Waals surface area (Å²) >= 11 is 0. The zero-order chi connectivity index (χ0) is 14.4. The SMILES string of the molecule is CCc1ccc(-c2cnc(NCCC(C)=O)nc2)cc1. The molecule has 0 atom stereocenters. The fourth-order valence-corrected chi connectivity index (χ4v) is 1.85. The van der Waals surface area contributed by atoms with Crippen LogP contribution in [0, 0.1) is 0 Å². The lowest BCUT2D eigenvalue weighted by Gasteiger charge is -2.05. The number of hydrogen-bond donors (Lipinski definition) is 1. The molecule has 0 spiro atoms. The van der Waals surface area contributed by atoms with Crippen molar-refractivity contribution < 1.29 is 4.79 Å². The number of aromatic nitrogens is 2. The first-order chi connectivity index (χ1) is 9.69. The highest BCUT2D eigenvalue weighted by molar-refractivity contribution is 5.75. The highest BCUT2D eigenvalue weighted by atomic mass is 16.1. The molecule has 4 nitrogen and oxygen atoms in total. The Balaban J connectivity index is 2.01. The molecule has 0 radical (unpaired) electrons. The Bertz CT molecular complexity index is 561. The second-order valence-corrected chi connectivity index (χ2v) is 4.72. The molecule has 0 aliphatic carbocycles. The third-order valence-electron chi connectivity index (χ3n) is 3.11. The first kappa shape index (κ1) is 14.2. The van der Waals surface area contributed by atoms with Crippen LogP contribution in [0.5, 0.6) is 0 Å². The molecule has 0 aliphatic rings. The van der Waals surface area contributed by atoms with Crippen molar-refractivity contribution in [2.45, 2.75) is 26.7 Å². The van der Waals surface area contributed by atoms with E-state index in [2.05, 4.69) is 46.5 Å². The minimum Gasteiger partial charge on any atom is -0.354 e. The molecule has 0 saturated carbocycles. The molecule has 0 amide bonds. The topological polar surface area (TPSA) is 54.9 Å². The van der Waals surface area contributed by atoms with Crippen LogP contribution in [0.1, 0.15) is 25.8 Å². The number of aryl methyl sites for hydroxylation is 1. The molecule has 0 aliphatic heterocycles. The number of carbonyl (C=O) groups is 1. The maximum atomic E-state index is 10.8. The van der Waals surface area contributed by atoms with Gasteiger partial charge in [0, 0.05) is 30.9 Å². The first-order valence-electron chi connectivity index (χ1n) is 6.83. The van der Waals surface area contributed by atoms with Gasteiger partial charge in [-0.1, -0.05) is 31.2 Å². The van der Waals surface area contributed by atoms with Crippen molar-refractivity contribution >= 4 is 11.7 Å². The van der Waals surface area contributed by atoms with Crippen LogP contribution in [-0.2, 0) is 11.2 Å². The average Bonchev–Trinajstić information content (AvgIpc) is 2.48. The molecule has 1 N–H and O–H groups in total. The molecule has 1 aromatic carbocycles. The molecule has 0 bridgehead atoms. The molecule has 20 heavy (non-hydrogen) atoms. The van der Waals surface area contributed by atoms with Crippen molar-refractivity contribution in [3.05, 3.63) is 42.2 Å². The molecule has 0 fully saturated rings. The molecule has 2 rings (SSSR count). The Morgan fingerprint density at radius 1 is 1.10 bits per heavy atom. The third kappa shape index (κ3) is 3.88. The molecule has 0 unspecified atom stereocenters. The van der Waals surface area contributed by atoms with Gasteiger partial charge in [-0.2, -0.15) is 0 Å². The van der Waals surface area contributed by atoms with E-state index in [-0.39, 0.29) is 5.78 Å². The maximum Gasteiger partial charge on any atom is 0.222 e. The van der Waals surface area contributed by atoms with Crippen LogP contribution in [0.4, 0.5) is 5.95 Å². The number of benzene rings is 1. The number of carbonyl (C=O) groups excluding carboxylic acids is 1. The van der Waals surface area contributed by atoms with Crippen LogP contribution in [-0.4, -0.2) is 22.3 Å². The Morgan fingerprint density at radius 2 is 1.75 bits per heavy atom. The van der Waals surface area contributed by atoms with Crippen molar-refractivity contribution in [3.8, 4) is 11.1 Å². The lowest BCUT2D eigenvalue weighted by atomic mass is 10.1. The number of nitrogens with zero attached hydrogens (tertiary/aromatic N) is 2. The monoisotopic (exact) mass is 269 g/mol. The maximum absolute atomic E-state index is 10.8. The fraction of sp³-hybridized carbons (Fsp3) is 0.312. The number of nitrogens with one attached hydrogen (secondary N) is 1. The summed E-state index contributed by atoms with van der Waals surface area (Å²) < 4.78 is 0. The Labute approximate surface area is 119 Å². The normalized spacial score (nSPS) is 10.3. The van der Waals surface area contributed by atoms with Crippen LogP contribution in [0.2, 0.25) is 0 Å². The standard InChI is InChI=1S/C16H19N3O/c1-3-13-4-6-14(7-5-13)15-10-18-16(19-11-15)17-9-8-12(2)20/h4-7,10-11H,3,8-9H2,1-2H3,(H,17,18,19). The number of rotatable bonds is 6. The zero-order valence-electron chi connectivity index (χ0n) is 11.9. The van der Waals surface area contributed by atoms with E-state index in [9.17, 15) is 4.79 Å². The molecule has 2 aromatic rings. The van der Waals surface area contributed by atoms with Crippen molar-refractivity contribution in [1.29, 1.82) is 0 Å². The van der Waals surface area contributed by atoms with Crippen molar-refractivity contribution in [1.82, 2.24) is 9.97 Å². The Morgan fingerprint density at radius 3 is 2.30 bits per heavy atom. The van der Waals surface area contributed by atoms with Crippen LogP contribution in [0.25, 0.3) is 11.1 Å². The minimum absolute atomic E-state index is 0.158. The highest BCUT2D eigenvalue weighted by Gasteiger charge is 2.01. The van der Waals surface area contributed by atoms with Gasteiger partial charge in [0.15, 0.2) is 0 Å². The lowest BCUT2D eigenvalue weighted by molar-refractivity contribution is -0.116. The van der Waals surface area contributed by atoms with Gasteiger partial charge >= 0.3 is 0 Å². The average molecular weight is 269 g/mol. The molecular formula is C16H19N3O. The van der Waals surface area contributed by atoms with Crippen LogP contribution in [0.3, 0.4) is 0 Å². The molecular weight excluding hydrogens is 250 g/mol. The van der Waals surface area contributed by atoms with E-state index in [0.29, 0.717) is 18.9 Å². The van der Waals surface area contributed by atoms with Crippen LogP contribution >= 0.6 is 0 Å². The van der Waals surface area contributed by atoms with Crippen molar-refractivity contribution in [3.63, 3.8) is 0 Å². The van der Waals surface area contributed by atoms with E-state index >= 15 is 0 Å². The van der Waals surface area contributed by atoms with Gasteiger partial charge in [-0.3, -0.25) is 4.79 Å². The molecule has 1 heterocycles. The summed E-state index contributed by atoms with van der Waals surface area (Å²) in [6, 6.07) is 8.41. The Hall–Kier alpha value is -2.23. The van der Waals surface area contributed by atoms with E-state index in [1.54, 1.807) is 19.3 Å². The summed E-state index contributed by atoms with van der Waals surface area (Å²) in [6.45, 7) is 4.28. The lowest BCUT2D eigenvalue weighted by Crippen LogP contribution is -2.08. The number of Topliss-reactive ketones (excluding diaryl/α,β-unsaturated/α-hetero) is 1. The summed E-state index contributed by atoms with van der Waals surface area (Å²) in [4.78, 5) is 19.4. The number of anilines is 1. The van der Waals surface area contributed by atoms with Gasteiger partial charge in [-0.25, -0.2) is 9.97 Å². The summed E-state index contributed by atoms with van der Waals surface area (Å²) in [7, 11) is 0. The van der Waals surface area contributed by atoms with E-state index in [1.807, 2.05) is 0 Å². The zero-order valence-corrected chi connectivity index (χ0v) is 11.9. The summed E-state index contributed by atoms with van der Waals surface area (Å²) in [6.07, 6.45) is 5.12. The summed E-state index contributed by atoms with van der Waals surface area (Å²) in [5, 5.41) is 3.03. The van der Waals surface area contributed by atoms with Gasteiger partial charge in [0.1, 0.15) is 5.78 Å². The largest absolute Gasteiger partial charge is 0.354 e. The predicted molar refractivity (Wildman–Crippen MR) is 80.6 cm³/mol. The van der Waals surface area contributed by atoms with Crippen molar-refractivity contribution in [2.75, 3.05) is 11.9 Å². The third-order valence-corrected chi connectivity index (χ3v) is 3.11. The van der Waals surface area contributed by atoms with Crippen molar-refractivity contribution in [2.24, 2.45) is 0 Å². The summed E-state index contributed by atoms with van der Waals surface area (Å²) in [5.41, 5.74) is 3.42. The van der Waals surface area contributed by atoms with E-state index < -0.39 is 0 Å². The predicted octanol–water partition coefficient (Wildman–Crippen LogP) is 3.10. The minimum atomic E-state index is 0.158. The van der Waals surface area contributed by atoms with E-state index in [4.69, 9.17) is 0 Å². The smallest absolute Gasteiger partial charge is 0.222 e. The number of hydrogen-bond acceptors (Lipinski definition) is 4. The van der Waals surface area contributed by atoms with E-state index in [1.165, 1.54) is 5.56 Å². The second-order valence-electron chi connectivity index (χ2n) is 4.72. The van der Waals surface area contributed by atoms with Gasteiger partial charge in [0.2, 0.25) is 5.95 Å². The molecule has 0 saturated heterocycles. The van der Waals surface area contributed by atoms with Gasteiger partial charge in [0.05, 0.1) is 0 Å². The molecule has 1 aromatic heterocycles. The second kappa shape index (κ2) is 6.80. The van der Waals surface area contributed by atoms with Gasteiger partial charge in [-0.15, -0.1) is 0 Å². The van der Waals surface area contributed by atoms with Gasteiger partial charge in [-0.05, 0) is 24.5 Å². The fourth-order valence-electron chi connectivity index (χ4n) is 1.85. The first-order valence-corrected chi connectivity index (χ1v) is 6.83. The highest BCUT2D eigenvalue weighted by Crippen LogP contribution is 2.18. The number of ketones is 1. The Kier molecular flexibility index (Phi) is 4.82. The quantitative estimate of drug-likeness (QED) is 0.875. The van der Waals surface area contributed by atoms with Gasteiger partial charge in [0.25, 0.3) is 0 Å². The van der Waals surface area contributed by atoms with E-state index in [0.717, 1.165) is 17.5 Å². The van der Waals surface area contributed by atoms with Crippen LogP contribution < -0.4 is 5.32 Å². The molecule has 4 heteroatoms. The molecule has 104 valence electrons.